The summed E-state index contributed by atoms with van der Waals surface area (Å²) in [4.78, 5) is 39.5. The number of carboxylic acid groups (broad SMARTS) is 1. The number of halogens is 1. The monoisotopic (exact) mass is 334 g/mol. The first-order chi connectivity index (χ1) is 11.5. The largest absolute Gasteiger partial charge is 0.480 e. The molecule has 128 valence electrons. The van der Waals surface area contributed by atoms with Crippen molar-refractivity contribution in [1.29, 1.82) is 0 Å². The fourth-order valence-corrected chi connectivity index (χ4v) is 3.44. The predicted molar refractivity (Wildman–Crippen MR) is 83.8 cm³/mol. The Morgan fingerprint density at radius 2 is 1.79 bits per heavy atom. The van der Waals surface area contributed by atoms with Crippen molar-refractivity contribution in [3.63, 3.8) is 0 Å². The third-order valence-electron chi connectivity index (χ3n) is 4.71. The average molecular weight is 334 g/mol. The first-order valence-electron chi connectivity index (χ1n) is 8.09. The molecule has 1 aromatic carbocycles. The second-order valence-electron chi connectivity index (χ2n) is 6.19. The molecule has 2 aliphatic rings. The minimum atomic E-state index is -1.02. The number of anilines is 1. The number of carbonyl (C=O) groups excluding carboxylic acids is 2. The number of nitrogens with zero attached hydrogens (tertiary/aromatic N) is 2. The lowest BCUT2D eigenvalue weighted by molar-refractivity contribution is -0.155. The second kappa shape index (κ2) is 6.59. The maximum atomic E-state index is 13.0. The van der Waals surface area contributed by atoms with Crippen LogP contribution in [0.4, 0.5) is 10.1 Å². The molecule has 2 atom stereocenters. The molecule has 2 amide bonds. The summed E-state index contributed by atoms with van der Waals surface area (Å²) in [5.74, 6) is -3.02. The van der Waals surface area contributed by atoms with Gasteiger partial charge in [-0.25, -0.2) is 9.18 Å². The van der Waals surface area contributed by atoms with Crippen LogP contribution in [0.3, 0.4) is 0 Å². The molecule has 0 saturated carbocycles. The Balaban J connectivity index is 1.75. The zero-order valence-electron chi connectivity index (χ0n) is 13.2. The van der Waals surface area contributed by atoms with Gasteiger partial charge in [0, 0.05) is 18.8 Å². The normalized spacial score (nSPS) is 24.3. The standard InChI is InChI=1S/C17H19FN2O4/c18-11-4-6-12(7-5-11)19-10-8-13(15(19)21)16(22)20-9-2-1-3-14(20)17(23)24/h4-7,13-14H,1-3,8-10H2,(H,23,24). The lowest BCUT2D eigenvalue weighted by Gasteiger charge is -2.34. The van der Waals surface area contributed by atoms with E-state index in [1.54, 1.807) is 0 Å². The van der Waals surface area contributed by atoms with E-state index in [-0.39, 0.29) is 5.91 Å². The number of hydrogen-bond acceptors (Lipinski definition) is 3. The summed E-state index contributed by atoms with van der Waals surface area (Å²) in [5.41, 5.74) is 0.546. The van der Waals surface area contributed by atoms with Gasteiger partial charge in [-0.2, -0.15) is 0 Å². The molecule has 7 heteroatoms. The molecule has 0 bridgehead atoms. The number of benzene rings is 1. The van der Waals surface area contributed by atoms with Crippen LogP contribution in [0.1, 0.15) is 25.7 Å². The molecule has 0 radical (unpaired) electrons. The van der Waals surface area contributed by atoms with Gasteiger partial charge in [0.25, 0.3) is 0 Å². The van der Waals surface area contributed by atoms with Gasteiger partial charge in [-0.15, -0.1) is 0 Å². The minimum Gasteiger partial charge on any atom is -0.480 e. The molecule has 6 nitrogen and oxygen atoms in total. The van der Waals surface area contributed by atoms with E-state index >= 15 is 0 Å². The van der Waals surface area contributed by atoms with Gasteiger partial charge in [0.2, 0.25) is 11.8 Å². The number of piperidine rings is 1. The summed E-state index contributed by atoms with van der Waals surface area (Å²) in [7, 11) is 0. The number of aliphatic carboxylic acids is 1. The van der Waals surface area contributed by atoms with Gasteiger partial charge < -0.3 is 14.9 Å². The van der Waals surface area contributed by atoms with E-state index in [0.717, 1.165) is 12.8 Å². The van der Waals surface area contributed by atoms with Crippen molar-refractivity contribution >= 4 is 23.5 Å². The number of rotatable bonds is 3. The number of likely N-dealkylation sites (tertiary alicyclic amines) is 1. The van der Waals surface area contributed by atoms with Crippen LogP contribution in [0.15, 0.2) is 24.3 Å². The molecule has 1 N–H and O–H groups in total. The Hall–Kier alpha value is -2.44. The van der Waals surface area contributed by atoms with Gasteiger partial charge in [0.05, 0.1) is 0 Å². The fourth-order valence-electron chi connectivity index (χ4n) is 3.44. The number of carbonyl (C=O) groups is 3. The lowest BCUT2D eigenvalue weighted by Crippen LogP contribution is -2.51. The molecular formula is C17H19FN2O4. The molecule has 2 fully saturated rings. The lowest BCUT2D eigenvalue weighted by atomic mass is 9.98. The maximum Gasteiger partial charge on any atom is 0.326 e. The summed E-state index contributed by atoms with van der Waals surface area (Å²) in [6.07, 6.45) is 2.28. The Kier molecular flexibility index (Phi) is 4.51. The smallest absolute Gasteiger partial charge is 0.326 e. The van der Waals surface area contributed by atoms with Crippen molar-refractivity contribution < 1.29 is 23.9 Å². The van der Waals surface area contributed by atoms with Crippen LogP contribution in [0, 0.1) is 11.7 Å². The average Bonchev–Trinajstić information content (AvgIpc) is 2.96. The molecule has 0 aromatic heterocycles. The molecule has 2 heterocycles. The van der Waals surface area contributed by atoms with Gasteiger partial charge >= 0.3 is 5.97 Å². The third-order valence-corrected chi connectivity index (χ3v) is 4.71. The molecule has 2 unspecified atom stereocenters. The van der Waals surface area contributed by atoms with Crippen molar-refractivity contribution in [2.45, 2.75) is 31.7 Å². The first-order valence-corrected chi connectivity index (χ1v) is 8.09. The summed E-state index contributed by atoms with van der Waals surface area (Å²) < 4.78 is 13.0. The Labute approximate surface area is 138 Å². The summed E-state index contributed by atoms with van der Waals surface area (Å²) in [6, 6.07) is 4.69. The van der Waals surface area contributed by atoms with E-state index in [1.165, 1.54) is 34.1 Å². The number of amides is 2. The van der Waals surface area contributed by atoms with Crippen LogP contribution < -0.4 is 4.90 Å². The summed E-state index contributed by atoms with van der Waals surface area (Å²) in [6.45, 7) is 0.739. The van der Waals surface area contributed by atoms with Crippen LogP contribution >= 0.6 is 0 Å². The van der Waals surface area contributed by atoms with Crippen LogP contribution in [0.2, 0.25) is 0 Å². The van der Waals surface area contributed by atoms with Crippen molar-refractivity contribution in [2.75, 3.05) is 18.0 Å². The highest BCUT2D eigenvalue weighted by atomic mass is 19.1. The molecule has 0 spiro atoms. The third kappa shape index (κ3) is 2.98. The van der Waals surface area contributed by atoms with Crippen LogP contribution in [-0.4, -0.2) is 46.9 Å². The maximum absolute atomic E-state index is 13.0. The molecule has 24 heavy (non-hydrogen) atoms. The fraction of sp³-hybridized carbons (Fsp3) is 0.471. The molecule has 2 saturated heterocycles. The van der Waals surface area contributed by atoms with Gasteiger partial charge in [0.15, 0.2) is 0 Å². The molecule has 0 aliphatic carbocycles. The topological polar surface area (TPSA) is 77.9 Å². The SMILES string of the molecule is O=C(O)C1CCCCN1C(=O)C1CCN(c2ccc(F)cc2)C1=O. The van der Waals surface area contributed by atoms with Crippen LogP contribution in [0.5, 0.6) is 0 Å². The van der Waals surface area contributed by atoms with E-state index in [1.807, 2.05) is 0 Å². The summed E-state index contributed by atoms with van der Waals surface area (Å²) in [5, 5.41) is 9.30. The van der Waals surface area contributed by atoms with Gasteiger partial charge in [-0.1, -0.05) is 0 Å². The highest BCUT2D eigenvalue weighted by Crippen LogP contribution is 2.29. The van der Waals surface area contributed by atoms with Crippen molar-refractivity contribution in [3.8, 4) is 0 Å². The van der Waals surface area contributed by atoms with Crippen LogP contribution in [-0.2, 0) is 14.4 Å². The van der Waals surface area contributed by atoms with E-state index in [4.69, 9.17) is 0 Å². The van der Waals surface area contributed by atoms with Gasteiger partial charge in [0.1, 0.15) is 17.8 Å². The van der Waals surface area contributed by atoms with E-state index in [2.05, 4.69) is 0 Å². The van der Waals surface area contributed by atoms with Crippen molar-refractivity contribution in [1.82, 2.24) is 4.90 Å². The minimum absolute atomic E-state index is 0.345. The van der Waals surface area contributed by atoms with E-state index in [0.29, 0.717) is 31.6 Å². The Morgan fingerprint density at radius 3 is 2.46 bits per heavy atom. The summed E-state index contributed by atoms with van der Waals surface area (Å²) >= 11 is 0. The van der Waals surface area contributed by atoms with Crippen molar-refractivity contribution in [3.05, 3.63) is 30.1 Å². The highest BCUT2D eigenvalue weighted by Gasteiger charge is 2.43. The molecule has 3 rings (SSSR count). The second-order valence-corrected chi connectivity index (χ2v) is 6.19. The Morgan fingerprint density at radius 1 is 1.08 bits per heavy atom. The molecule has 2 aliphatic heterocycles. The molecular weight excluding hydrogens is 315 g/mol. The quantitative estimate of drug-likeness (QED) is 0.853. The van der Waals surface area contributed by atoms with Gasteiger partial charge in [-0.05, 0) is 49.9 Å². The van der Waals surface area contributed by atoms with Crippen LogP contribution in [0.25, 0.3) is 0 Å². The first kappa shape index (κ1) is 16.4. The zero-order chi connectivity index (χ0) is 17.3. The Bertz CT molecular complexity index is 661. The van der Waals surface area contributed by atoms with Crippen molar-refractivity contribution in [2.24, 2.45) is 5.92 Å². The molecule has 1 aromatic rings. The van der Waals surface area contributed by atoms with E-state index in [9.17, 15) is 23.9 Å². The predicted octanol–water partition coefficient (Wildman–Crippen LogP) is 1.64. The highest BCUT2D eigenvalue weighted by molar-refractivity contribution is 6.10. The zero-order valence-corrected chi connectivity index (χ0v) is 13.2. The van der Waals surface area contributed by atoms with Gasteiger partial charge in [-0.3, -0.25) is 9.59 Å². The van der Waals surface area contributed by atoms with E-state index < -0.39 is 29.7 Å². The number of hydrogen-bond donors (Lipinski definition) is 1. The number of carboxylic acids is 1.